The third-order valence-corrected chi connectivity index (χ3v) is 3.72. The number of nitrogens with zero attached hydrogens (tertiary/aromatic N) is 1. The molecule has 0 aliphatic carbocycles. The standard InChI is InChI=1S/C17H22N2O6/c1-12(17(22)19-7-9-24-10-8-19)25-15(20)11-18-16(21)13-5-3-4-6-14(13)23-2/h3-6,12H,7-11H2,1-2H3,(H,18,21). The lowest BCUT2D eigenvalue weighted by Crippen LogP contribution is -2.46. The number of hydrogen-bond donors (Lipinski definition) is 1. The van der Waals surface area contributed by atoms with Gasteiger partial charge in [-0.1, -0.05) is 12.1 Å². The first kappa shape index (κ1) is 18.7. The monoisotopic (exact) mass is 350 g/mol. The molecule has 0 bridgehead atoms. The smallest absolute Gasteiger partial charge is 0.326 e. The van der Waals surface area contributed by atoms with Gasteiger partial charge in [0.05, 0.1) is 25.9 Å². The Morgan fingerprint density at radius 2 is 1.92 bits per heavy atom. The number of carbonyl (C=O) groups is 3. The van der Waals surface area contributed by atoms with Gasteiger partial charge in [0, 0.05) is 13.1 Å². The van der Waals surface area contributed by atoms with Crippen molar-refractivity contribution in [1.82, 2.24) is 10.2 Å². The quantitative estimate of drug-likeness (QED) is 0.738. The predicted octanol–water partition coefficient (Wildman–Crippen LogP) is 0.216. The third-order valence-electron chi connectivity index (χ3n) is 3.72. The van der Waals surface area contributed by atoms with Crippen molar-refractivity contribution >= 4 is 17.8 Å². The van der Waals surface area contributed by atoms with Gasteiger partial charge in [-0.3, -0.25) is 14.4 Å². The Hall–Kier alpha value is -2.61. The molecule has 1 aliphatic heterocycles. The number of morpholine rings is 1. The molecule has 1 unspecified atom stereocenters. The maximum Gasteiger partial charge on any atom is 0.326 e. The molecule has 1 heterocycles. The molecule has 8 heteroatoms. The number of esters is 1. The van der Waals surface area contributed by atoms with Crippen LogP contribution in [0.15, 0.2) is 24.3 Å². The fourth-order valence-corrected chi connectivity index (χ4v) is 2.41. The number of carbonyl (C=O) groups excluding carboxylic acids is 3. The minimum absolute atomic E-state index is 0.271. The lowest BCUT2D eigenvalue weighted by Gasteiger charge is -2.28. The molecule has 2 amide bonds. The van der Waals surface area contributed by atoms with Gasteiger partial charge in [0.1, 0.15) is 12.3 Å². The average Bonchev–Trinajstić information content (AvgIpc) is 2.66. The van der Waals surface area contributed by atoms with Gasteiger partial charge in [-0.05, 0) is 19.1 Å². The van der Waals surface area contributed by atoms with Crippen molar-refractivity contribution in [2.45, 2.75) is 13.0 Å². The maximum absolute atomic E-state index is 12.2. The molecule has 1 saturated heterocycles. The molecule has 2 rings (SSSR count). The second-order valence-corrected chi connectivity index (χ2v) is 5.45. The highest BCUT2D eigenvalue weighted by molar-refractivity contribution is 5.98. The molecular weight excluding hydrogens is 328 g/mol. The Morgan fingerprint density at radius 3 is 2.60 bits per heavy atom. The second-order valence-electron chi connectivity index (χ2n) is 5.45. The molecule has 136 valence electrons. The van der Waals surface area contributed by atoms with Crippen LogP contribution in [0.5, 0.6) is 5.75 Å². The summed E-state index contributed by atoms with van der Waals surface area (Å²) in [6.45, 7) is 3.08. The SMILES string of the molecule is COc1ccccc1C(=O)NCC(=O)OC(C)C(=O)N1CCOCC1. The van der Waals surface area contributed by atoms with Crippen molar-refractivity contribution in [3.05, 3.63) is 29.8 Å². The number of hydrogen-bond acceptors (Lipinski definition) is 6. The van der Waals surface area contributed by atoms with Crippen LogP contribution in [0, 0.1) is 0 Å². The Labute approximate surface area is 146 Å². The summed E-state index contributed by atoms with van der Waals surface area (Å²) in [4.78, 5) is 37.7. The topological polar surface area (TPSA) is 94.2 Å². The van der Waals surface area contributed by atoms with E-state index in [1.807, 2.05) is 0 Å². The molecule has 1 fully saturated rings. The number of methoxy groups -OCH3 is 1. The Morgan fingerprint density at radius 1 is 1.24 bits per heavy atom. The highest BCUT2D eigenvalue weighted by Crippen LogP contribution is 2.16. The highest BCUT2D eigenvalue weighted by atomic mass is 16.5. The largest absolute Gasteiger partial charge is 0.496 e. The van der Waals surface area contributed by atoms with Gasteiger partial charge in [-0.15, -0.1) is 0 Å². The first-order chi connectivity index (χ1) is 12.0. The van der Waals surface area contributed by atoms with E-state index in [-0.39, 0.29) is 12.5 Å². The van der Waals surface area contributed by atoms with E-state index in [4.69, 9.17) is 14.2 Å². The van der Waals surface area contributed by atoms with Gasteiger partial charge in [0.15, 0.2) is 6.10 Å². The zero-order valence-electron chi connectivity index (χ0n) is 14.3. The molecule has 25 heavy (non-hydrogen) atoms. The summed E-state index contributed by atoms with van der Waals surface area (Å²) in [6.07, 6.45) is -0.909. The van der Waals surface area contributed by atoms with Crippen LogP contribution in [0.1, 0.15) is 17.3 Å². The Balaban J connectivity index is 1.81. The van der Waals surface area contributed by atoms with E-state index in [0.717, 1.165) is 0 Å². The lowest BCUT2D eigenvalue weighted by molar-refractivity contribution is -0.160. The van der Waals surface area contributed by atoms with E-state index >= 15 is 0 Å². The summed E-state index contributed by atoms with van der Waals surface area (Å²) in [5.74, 6) is -1.00. The molecular formula is C17H22N2O6. The maximum atomic E-state index is 12.2. The first-order valence-corrected chi connectivity index (χ1v) is 8.00. The Kier molecular flexibility index (Phi) is 6.76. The van der Waals surface area contributed by atoms with Crippen LogP contribution in [0.2, 0.25) is 0 Å². The molecule has 1 atom stereocenters. The highest BCUT2D eigenvalue weighted by Gasteiger charge is 2.25. The molecule has 8 nitrogen and oxygen atoms in total. The molecule has 1 aliphatic rings. The summed E-state index contributed by atoms with van der Waals surface area (Å²) < 4.78 is 15.4. The molecule has 0 aromatic heterocycles. The fourth-order valence-electron chi connectivity index (χ4n) is 2.41. The number of nitrogens with one attached hydrogen (secondary N) is 1. The predicted molar refractivity (Wildman–Crippen MR) is 88.3 cm³/mol. The van der Waals surface area contributed by atoms with Gasteiger partial charge < -0.3 is 24.4 Å². The normalized spacial score (nSPS) is 15.2. The summed E-state index contributed by atoms with van der Waals surface area (Å²) in [5, 5.41) is 2.46. The molecule has 1 aromatic rings. The van der Waals surface area contributed by atoms with E-state index in [1.54, 1.807) is 29.2 Å². The van der Waals surface area contributed by atoms with Gasteiger partial charge >= 0.3 is 5.97 Å². The van der Waals surface area contributed by atoms with Crippen LogP contribution in [-0.2, 0) is 19.1 Å². The van der Waals surface area contributed by atoms with E-state index in [0.29, 0.717) is 37.6 Å². The van der Waals surface area contributed by atoms with Crippen molar-refractivity contribution in [2.24, 2.45) is 0 Å². The van der Waals surface area contributed by atoms with Crippen LogP contribution in [0.4, 0.5) is 0 Å². The molecule has 1 N–H and O–H groups in total. The van der Waals surface area contributed by atoms with E-state index < -0.39 is 18.0 Å². The van der Waals surface area contributed by atoms with Gasteiger partial charge in [0.25, 0.3) is 11.8 Å². The summed E-state index contributed by atoms with van der Waals surface area (Å²) in [7, 11) is 1.46. The molecule has 0 saturated carbocycles. The van der Waals surface area contributed by atoms with Crippen LogP contribution < -0.4 is 10.1 Å². The zero-order chi connectivity index (χ0) is 18.2. The molecule has 0 spiro atoms. The molecule has 0 radical (unpaired) electrons. The average molecular weight is 350 g/mol. The number of amides is 2. The summed E-state index contributed by atoms with van der Waals surface area (Å²) >= 11 is 0. The van der Waals surface area contributed by atoms with E-state index in [9.17, 15) is 14.4 Å². The summed E-state index contributed by atoms with van der Waals surface area (Å²) in [6, 6.07) is 6.67. The van der Waals surface area contributed by atoms with Crippen LogP contribution in [-0.4, -0.2) is 68.7 Å². The third kappa shape index (κ3) is 5.18. The van der Waals surface area contributed by atoms with Gasteiger partial charge in [-0.2, -0.15) is 0 Å². The van der Waals surface area contributed by atoms with Crippen molar-refractivity contribution in [3.8, 4) is 5.75 Å². The van der Waals surface area contributed by atoms with E-state index in [1.165, 1.54) is 14.0 Å². The van der Waals surface area contributed by atoms with E-state index in [2.05, 4.69) is 5.32 Å². The number of benzene rings is 1. The fraction of sp³-hybridized carbons (Fsp3) is 0.471. The van der Waals surface area contributed by atoms with Gasteiger partial charge in [0.2, 0.25) is 0 Å². The lowest BCUT2D eigenvalue weighted by atomic mass is 10.2. The number of ether oxygens (including phenoxy) is 3. The van der Waals surface area contributed by atoms with Crippen molar-refractivity contribution in [1.29, 1.82) is 0 Å². The van der Waals surface area contributed by atoms with Crippen molar-refractivity contribution < 1.29 is 28.6 Å². The number of rotatable bonds is 6. The van der Waals surface area contributed by atoms with Crippen LogP contribution in [0.3, 0.4) is 0 Å². The Bertz CT molecular complexity index is 627. The minimum Gasteiger partial charge on any atom is -0.496 e. The first-order valence-electron chi connectivity index (χ1n) is 8.00. The minimum atomic E-state index is -0.909. The van der Waals surface area contributed by atoms with Crippen molar-refractivity contribution in [2.75, 3.05) is 40.0 Å². The van der Waals surface area contributed by atoms with Crippen LogP contribution in [0.25, 0.3) is 0 Å². The van der Waals surface area contributed by atoms with Crippen LogP contribution >= 0.6 is 0 Å². The zero-order valence-corrected chi connectivity index (χ0v) is 14.3. The summed E-state index contributed by atoms with van der Waals surface area (Å²) in [5.41, 5.74) is 0.315. The van der Waals surface area contributed by atoms with Gasteiger partial charge in [-0.25, -0.2) is 0 Å². The number of para-hydroxylation sites is 1. The second kappa shape index (κ2) is 9.03. The van der Waals surface area contributed by atoms with Crippen molar-refractivity contribution in [3.63, 3.8) is 0 Å². The molecule has 1 aromatic carbocycles.